The number of rotatable bonds is 6. The van der Waals surface area contributed by atoms with Gasteiger partial charge in [-0.25, -0.2) is 18.7 Å². The Balaban J connectivity index is 1.74. The van der Waals surface area contributed by atoms with Crippen molar-refractivity contribution < 1.29 is 9.13 Å². The van der Waals surface area contributed by atoms with E-state index in [0.717, 1.165) is 11.1 Å². The van der Waals surface area contributed by atoms with Crippen LogP contribution in [-0.2, 0) is 13.1 Å². The number of hydrogen-bond donors (Lipinski definition) is 0. The first-order valence-corrected chi connectivity index (χ1v) is 10.7. The van der Waals surface area contributed by atoms with Crippen molar-refractivity contribution in [2.45, 2.75) is 13.1 Å². The maximum absolute atomic E-state index is 13.6. The predicted octanol–water partition coefficient (Wildman–Crippen LogP) is 3.59. The topological polar surface area (TPSA) is 71.1 Å². The molecule has 0 bridgehead atoms. The fourth-order valence-electron chi connectivity index (χ4n) is 4.00. The standard InChI is InChI=1S/C26H21FN4O3/c1-34-22-9-5-8-19(14-22)15-29-17-28-24-23(29)25(32)30(16-18-6-3-2-4-7-18)26(33)31(24)21-12-10-20(27)11-13-21/h2-14,17H,15-16H2,1H3. The maximum atomic E-state index is 13.6. The highest BCUT2D eigenvalue weighted by atomic mass is 19.1. The monoisotopic (exact) mass is 456 g/mol. The summed E-state index contributed by atoms with van der Waals surface area (Å²) in [5.74, 6) is 0.279. The smallest absolute Gasteiger partial charge is 0.337 e. The van der Waals surface area contributed by atoms with Gasteiger partial charge in [0.15, 0.2) is 11.2 Å². The zero-order valence-corrected chi connectivity index (χ0v) is 18.4. The third-order valence-electron chi connectivity index (χ3n) is 5.66. The van der Waals surface area contributed by atoms with E-state index in [-0.39, 0.29) is 17.7 Å². The number of aromatic nitrogens is 4. The predicted molar refractivity (Wildman–Crippen MR) is 127 cm³/mol. The first-order valence-electron chi connectivity index (χ1n) is 10.7. The third kappa shape index (κ3) is 3.90. The van der Waals surface area contributed by atoms with Crippen LogP contribution in [0.25, 0.3) is 16.9 Å². The SMILES string of the molecule is COc1cccc(Cn2cnc3c2c(=O)n(Cc2ccccc2)c(=O)n3-c2ccc(F)cc2)c1. The van der Waals surface area contributed by atoms with Gasteiger partial charge in [-0.2, -0.15) is 0 Å². The molecular formula is C26H21FN4O3. The zero-order valence-electron chi connectivity index (χ0n) is 18.4. The van der Waals surface area contributed by atoms with Crippen LogP contribution in [-0.4, -0.2) is 25.8 Å². The molecule has 0 amide bonds. The molecule has 0 saturated carbocycles. The van der Waals surface area contributed by atoms with Crippen LogP contribution < -0.4 is 16.0 Å². The largest absolute Gasteiger partial charge is 0.497 e. The molecule has 170 valence electrons. The van der Waals surface area contributed by atoms with Crippen LogP contribution in [0.1, 0.15) is 11.1 Å². The highest BCUT2D eigenvalue weighted by Crippen LogP contribution is 2.18. The number of nitrogens with zero attached hydrogens (tertiary/aromatic N) is 4. The number of fused-ring (bicyclic) bond motifs is 1. The van der Waals surface area contributed by atoms with Gasteiger partial charge in [0.05, 0.1) is 25.7 Å². The molecule has 2 heterocycles. The summed E-state index contributed by atoms with van der Waals surface area (Å²) in [4.78, 5) is 31.5. The van der Waals surface area contributed by atoms with Crippen LogP contribution in [0.5, 0.6) is 5.75 Å². The molecule has 0 saturated heterocycles. The van der Waals surface area contributed by atoms with Crippen molar-refractivity contribution in [3.8, 4) is 11.4 Å². The summed E-state index contributed by atoms with van der Waals surface area (Å²) in [5.41, 5.74) is 1.65. The van der Waals surface area contributed by atoms with Crippen molar-refractivity contribution in [2.75, 3.05) is 7.11 Å². The molecule has 7 nitrogen and oxygen atoms in total. The molecule has 0 fully saturated rings. The summed E-state index contributed by atoms with van der Waals surface area (Å²) >= 11 is 0. The van der Waals surface area contributed by atoms with Crippen LogP contribution in [0.2, 0.25) is 0 Å². The molecule has 0 aliphatic carbocycles. The van der Waals surface area contributed by atoms with Gasteiger partial charge in [-0.15, -0.1) is 0 Å². The van der Waals surface area contributed by atoms with Crippen molar-refractivity contribution in [2.24, 2.45) is 0 Å². The number of hydrogen-bond acceptors (Lipinski definition) is 4. The Bertz CT molecular complexity index is 1590. The summed E-state index contributed by atoms with van der Waals surface area (Å²) in [6.07, 6.45) is 1.54. The molecule has 0 unspecified atom stereocenters. The van der Waals surface area contributed by atoms with Crippen molar-refractivity contribution in [3.63, 3.8) is 0 Å². The molecule has 0 aliphatic heterocycles. The Morgan fingerprint density at radius 2 is 1.62 bits per heavy atom. The first kappa shape index (κ1) is 21.4. The van der Waals surface area contributed by atoms with Gasteiger partial charge < -0.3 is 9.30 Å². The highest BCUT2D eigenvalue weighted by Gasteiger charge is 2.20. The number of halogens is 1. The van der Waals surface area contributed by atoms with Gasteiger partial charge in [0.1, 0.15) is 11.6 Å². The lowest BCUT2D eigenvalue weighted by Gasteiger charge is -2.13. The minimum Gasteiger partial charge on any atom is -0.497 e. The summed E-state index contributed by atoms with van der Waals surface area (Å²) in [5, 5.41) is 0. The molecule has 2 aromatic heterocycles. The number of imidazole rings is 1. The zero-order chi connectivity index (χ0) is 23.7. The van der Waals surface area contributed by atoms with E-state index in [1.807, 2.05) is 54.6 Å². The lowest BCUT2D eigenvalue weighted by Crippen LogP contribution is -2.40. The summed E-state index contributed by atoms with van der Waals surface area (Å²) in [6, 6.07) is 22.3. The average Bonchev–Trinajstić information content (AvgIpc) is 3.27. The van der Waals surface area contributed by atoms with Gasteiger partial charge >= 0.3 is 5.69 Å². The van der Waals surface area contributed by atoms with Crippen molar-refractivity contribution >= 4 is 11.2 Å². The normalized spacial score (nSPS) is 11.1. The lowest BCUT2D eigenvalue weighted by atomic mass is 10.2. The van der Waals surface area contributed by atoms with E-state index in [2.05, 4.69) is 4.98 Å². The molecule has 0 aliphatic rings. The minimum absolute atomic E-state index is 0.0972. The van der Waals surface area contributed by atoms with Gasteiger partial charge in [-0.05, 0) is 47.5 Å². The first-order chi connectivity index (χ1) is 16.5. The molecule has 8 heteroatoms. The van der Waals surface area contributed by atoms with E-state index >= 15 is 0 Å². The second-order valence-corrected chi connectivity index (χ2v) is 7.87. The molecule has 3 aromatic carbocycles. The van der Waals surface area contributed by atoms with Crippen LogP contribution in [0.4, 0.5) is 4.39 Å². The molecule has 5 aromatic rings. The maximum Gasteiger partial charge on any atom is 0.337 e. The lowest BCUT2D eigenvalue weighted by molar-refractivity contribution is 0.414. The fraction of sp³-hybridized carbons (Fsp3) is 0.115. The molecule has 0 spiro atoms. The van der Waals surface area contributed by atoms with Gasteiger partial charge in [-0.1, -0.05) is 42.5 Å². The molecule has 0 radical (unpaired) electrons. The van der Waals surface area contributed by atoms with Crippen LogP contribution >= 0.6 is 0 Å². The Morgan fingerprint density at radius 3 is 2.35 bits per heavy atom. The Labute approximate surface area is 193 Å². The van der Waals surface area contributed by atoms with E-state index in [0.29, 0.717) is 18.0 Å². The van der Waals surface area contributed by atoms with E-state index in [4.69, 9.17) is 4.74 Å². The minimum atomic E-state index is -0.542. The van der Waals surface area contributed by atoms with Crippen LogP contribution in [0.15, 0.2) is 94.8 Å². The van der Waals surface area contributed by atoms with Gasteiger partial charge in [0, 0.05) is 6.54 Å². The van der Waals surface area contributed by atoms with E-state index in [1.165, 1.54) is 39.7 Å². The number of benzene rings is 3. The Hall–Kier alpha value is -4.46. The fourth-order valence-corrected chi connectivity index (χ4v) is 4.00. The molecule has 0 N–H and O–H groups in total. The van der Waals surface area contributed by atoms with Crippen molar-refractivity contribution in [1.29, 1.82) is 0 Å². The van der Waals surface area contributed by atoms with Gasteiger partial charge in [-0.3, -0.25) is 9.36 Å². The molecule has 34 heavy (non-hydrogen) atoms. The third-order valence-corrected chi connectivity index (χ3v) is 5.66. The average molecular weight is 456 g/mol. The number of ether oxygens (including phenoxy) is 1. The summed E-state index contributed by atoms with van der Waals surface area (Å²) in [6.45, 7) is 0.454. The second-order valence-electron chi connectivity index (χ2n) is 7.87. The van der Waals surface area contributed by atoms with Crippen LogP contribution in [0.3, 0.4) is 0 Å². The molecular weight excluding hydrogens is 435 g/mol. The van der Waals surface area contributed by atoms with Crippen molar-refractivity contribution in [3.05, 3.63) is 123 Å². The van der Waals surface area contributed by atoms with Gasteiger partial charge in [0.2, 0.25) is 0 Å². The van der Waals surface area contributed by atoms with E-state index in [1.54, 1.807) is 11.7 Å². The van der Waals surface area contributed by atoms with Crippen molar-refractivity contribution in [1.82, 2.24) is 18.7 Å². The van der Waals surface area contributed by atoms with E-state index in [9.17, 15) is 14.0 Å². The highest BCUT2D eigenvalue weighted by molar-refractivity contribution is 5.72. The summed E-state index contributed by atoms with van der Waals surface area (Å²) < 4.78 is 23.1. The Kier molecular flexibility index (Phi) is 5.55. The van der Waals surface area contributed by atoms with Crippen LogP contribution in [0, 0.1) is 5.82 Å². The summed E-state index contributed by atoms with van der Waals surface area (Å²) in [7, 11) is 1.59. The van der Waals surface area contributed by atoms with Gasteiger partial charge in [0.25, 0.3) is 5.56 Å². The quantitative estimate of drug-likeness (QED) is 0.392. The molecule has 0 atom stereocenters. The second kappa shape index (κ2) is 8.82. The number of methoxy groups -OCH3 is 1. The van der Waals surface area contributed by atoms with E-state index < -0.39 is 17.1 Å². The molecule has 5 rings (SSSR count). The Morgan fingerprint density at radius 1 is 0.882 bits per heavy atom.